The van der Waals surface area contributed by atoms with Crippen LogP contribution >= 0.6 is 0 Å². The number of carbonyl (C=O) groups excluding carboxylic acids is 1. The van der Waals surface area contributed by atoms with Gasteiger partial charge in [-0.3, -0.25) is 4.79 Å². The smallest absolute Gasteiger partial charge is 0.317 e. The highest BCUT2D eigenvalue weighted by atomic mass is 16.4. The molecule has 2 amide bonds. The molecule has 1 aliphatic rings. The molecule has 7 nitrogen and oxygen atoms in total. The van der Waals surface area contributed by atoms with Crippen molar-refractivity contribution in [1.82, 2.24) is 19.8 Å². The number of hydrogen-bond donors (Lipinski definition) is 2. The Hall–Kier alpha value is -2.83. The molecule has 1 aromatic heterocycles. The van der Waals surface area contributed by atoms with E-state index in [1.54, 1.807) is 17.4 Å². The topological polar surface area (TPSA) is 87.5 Å². The Kier molecular flexibility index (Phi) is 5.33. The van der Waals surface area contributed by atoms with E-state index < -0.39 is 11.9 Å². The molecule has 1 aromatic carbocycles. The summed E-state index contributed by atoms with van der Waals surface area (Å²) in [4.78, 5) is 29.5. The first-order valence-corrected chi connectivity index (χ1v) is 8.42. The number of aliphatic carboxylic acids is 1. The van der Waals surface area contributed by atoms with Crippen LogP contribution in [0, 0.1) is 5.92 Å². The Morgan fingerprint density at radius 1 is 1.32 bits per heavy atom. The largest absolute Gasteiger partial charge is 0.481 e. The third-order valence-electron chi connectivity index (χ3n) is 4.51. The van der Waals surface area contributed by atoms with Gasteiger partial charge in [0.15, 0.2) is 0 Å². The normalized spacial score (nSPS) is 18.6. The van der Waals surface area contributed by atoms with Crippen LogP contribution in [-0.4, -0.2) is 44.6 Å². The van der Waals surface area contributed by atoms with Crippen molar-refractivity contribution in [2.24, 2.45) is 5.92 Å². The molecular weight excluding hydrogens is 320 g/mol. The SMILES string of the molecule is O=C(O)[C@H]1CCCN(C(=O)NC(Cn2ccnc2)c2ccccc2)C1. The van der Waals surface area contributed by atoms with Crippen molar-refractivity contribution in [3.63, 3.8) is 0 Å². The van der Waals surface area contributed by atoms with Crippen LogP contribution in [0.25, 0.3) is 0 Å². The summed E-state index contributed by atoms with van der Waals surface area (Å²) in [6, 6.07) is 9.30. The number of piperidine rings is 1. The van der Waals surface area contributed by atoms with Crippen LogP contribution in [0.4, 0.5) is 4.79 Å². The van der Waals surface area contributed by atoms with Gasteiger partial charge in [0.05, 0.1) is 18.3 Å². The Bertz CT molecular complexity index is 702. The van der Waals surface area contributed by atoms with Gasteiger partial charge < -0.3 is 19.9 Å². The number of likely N-dealkylation sites (tertiary alicyclic amines) is 1. The number of amides is 2. The summed E-state index contributed by atoms with van der Waals surface area (Å²) < 4.78 is 1.91. The third kappa shape index (κ3) is 4.37. The first-order valence-electron chi connectivity index (χ1n) is 8.42. The quantitative estimate of drug-likeness (QED) is 0.871. The lowest BCUT2D eigenvalue weighted by molar-refractivity contribution is -0.143. The number of nitrogens with zero attached hydrogens (tertiary/aromatic N) is 3. The number of carbonyl (C=O) groups is 2. The highest BCUT2D eigenvalue weighted by Gasteiger charge is 2.29. The van der Waals surface area contributed by atoms with Crippen LogP contribution in [0.15, 0.2) is 49.1 Å². The molecule has 0 spiro atoms. The van der Waals surface area contributed by atoms with Gasteiger partial charge in [0.25, 0.3) is 0 Å². The molecule has 0 bridgehead atoms. The minimum Gasteiger partial charge on any atom is -0.481 e. The van der Waals surface area contributed by atoms with Gasteiger partial charge in [0.1, 0.15) is 0 Å². The van der Waals surface area contributed by atoms with E-state index in [9.17, 15) is 14.7 Å². The van der Waals surface area contributed by atoms with Gasteiger partial charge in [-0.05, 0) is 18.4 Å². The molecule has 7 heteroatoms. The summed E-state index contributed by atoms with van der Waals surface area (Å²) in [5.41, 5.74) is 0.997. The molecule has 0 radical (unpaired) electrons. The number of nitrogens with one attached hydrogen (secondary N) is 1. The van der Waals surface area contributed by atoms with Crippen molar-refractivity contribution < 1.29 is 14.7 Å². The first-order chi connectivity index (χ1) is 12.1. The van der Waals surface area contributed by atoms with Gasteiger partial charge in [-0.25, -0.2) is 9.78 Å². The molecule has 3 rings (SSSR count). The van der Waals surface area contributed by atoms with E-state index in [1.807, 2.05) is 41.1 Å². The fourth-order valence-corrected chi connectivity index (χ4v) is 3.13. The number of rotatable bonds is 5. The molecular formula is C18H22N4O3. The van der Waals surface area contributed by atoms with E-state index in [2.05, 4.69) is 10.3 Å². The van der Waals surface area contributed by atoms with Crippen LogP contribution in [-0.2, 0) is 11.3 Å². The van der Waals surface area contributed by atoms with Crippen LogP contribution in [0.3, 0.4) is 0 Å². The molecule has 132 valence electrons. The lowest BCUT2D eigenvalue weighted by atomic mass is 9.98. The van der Waals surface area contributed by atoms with E-state index >= 15 is 0 Å². The third-order valence-corrected chi connectivity index (χ3v) is 4.51. The molecule has 1 saturated heterocycles. The lowest BCUT2D eigenvalue weighted by Gasteiger charge is -2.32. The molecule has 25 heavy (non-hydrogen) atoms. The van der Waals surface area contributed by atoms with Crippen molar-refractivity contribution in [2.75, 3.05) is 13.1 Å². The summed E-state index contributed by atoms with van der Waals surface area (Å²) >= 11 is 0. The first kappa shape index (κ1) is 17.0. The van der Waals surface area contributed by atoms with Crippen molar-refractivity contribution >= 4 is 12.0 Å². The summed E-state index contributed by atoms with van der Waals surface area (Å²) in [6.07, 6.45) is 6.59. The highest BCUT2D eigenvalue weighted by molar-refractivity contribution is 5.77. The van der Waals surface area contributed by atoms with Gasteiger partial charge in [0, 0.05) is 32.0 Å². The van der Waals surface area contributed by atoms with Gasteiger partial charge in [-0.15, -0.1) is 0 Å². The highest BCUT2D eigenvalue weighted by Crippen LogP contribution is 2.19. The van der Waals surface area contributed by atoms with Crippen molar-refractivity contribution in [3.8, 4) is 0 Å². The summed E-state index contributed by atoms with van der Waals surface area (Å²) in [5, 5.41) is 12.2. The average Bonchev–Trinajstić information content (AvgIpc) is 3.15. The average molecular weight is 342 g/mol. The van der Waals surface area contributed by atoms with E-state index in [0.29, 0.717) is 25.9 Å². The van der Waals surface area contributed by atoms with Gasteiger partial charge in [-0.1, -0.05) is 30.3 Å². The van der Waals surface area contributed by atoms with Crippen LogP contribution < -0.4 is 5.32 Å². The number of benzene rings is 1. The number of hydrogen-bond acceptors (Lipinski definition) is 3. The van der Waals surface area contributed by atoms with Crippen molar-refractivity contribution in [1.29, 1.82) is 0 Å². The molecule has 2 heterocycles. The maximum Gasteiger partial charge on any atom is 0.317 e. The van der Waals surface area contributed by atoms with E-state index in [-0.39, 0.29) is 18.6 Å². The molecule has 0 saturated carbocycles. The van der Waals surface area contributed by atoms with Gasteiger partial charge >= 0.3 is 12.0 Å². The van der Waals surface area contributed by atoms with Gasteiger partial charge in [0.2, 0.25) is 0 Å². The van der Waals surface area contributed by atoms with Crippen molar-refractivity contribution in [2.45, 2.75) is 25.4 Å². The number of urea groups is 1. The van der Waals surface area contributed by atoms with Crippen LogP contribution in [0.5, 0.6) is 0 Å². The van der Waals surface area contributed by atoms with Crippen LogP contribution in [0.1, 0.15) is 24.4 Å². The Labute approximate surface area is 146 Å². The summed E-state index contributed by atoms with van der Waals surface area (Å²) in [5.74, 6) is -1.32. The fraction of sp³-hybridized carbons (Fsp3) is 0.389. The Morgan fingerprint density at radius 3 is 2.80 bits per heavy atom. The second-order valence-electron chi connectivity index (χ2n) is 6.30. The molecule has 1 unspecified atom stereocenters. The molecule has 1 aliphatic heterocycles. The maximum atomic E-state index is 12.7. The summed E-state index contributed by atoms with van der Waals surface area (Å²) in [6.45, 7) is 1.40. The zero-order valence-corrected chi connectivity index (χ0v) is 13.9. The standard InChI is InChI=1S/C18H22N4O3/c23-17(24)15-7-4-9-22(11-15)18(25)20-16(12-21-10-8-19-13-21)14-5-2-1-3-6-14/h1-3,5-6,8,10,13,15-16H,4,7,9,11-12H2,(H,20,25)(H,23,24)/t15-,16?/m0/s1. The monoisotopic (exact) mass is 342 g/mol. The summed E-state index contributed by atoms with van der Waals surface area (Å²) in [7, 11) is 0. The lowest BCUT2D eigenvalue weighted by Crippen LogP contribution is -2.48. The number of carboxylic acid groups (broad SMARTS) is 1. The minimum atomic E-state index is -0.837. The Morgan fingerprint density at radius 2 is 2.12 bits per heavy atom. The van der Waals surface area contributed by atoms with Crippen molar-refractivity contribution in [3.05, 3.63) is 54.6 Å². The molecule has 1 fully saturated rings. The van der Waals surface area contributed by atoms with E-state index in [4.69, 9.17) is 0 Å². The fourth-order valence-electron chi connectivity index (χ4n) is 3.13. The number of carboxylic acids is 1. The van der Waals surface area contributed by atoms with E-state index in [0.717, 1.165) is 5.56 Å². The maximum absolute atomic E-state index is 12.7. The molecule has 2 aromatic rings. The molecule has 2 N–H and O–H groups in total. The predicted octanol–water partition coefficient (Wildman–Crippen LogP) is 2.13. The minimum absolute atomic E-state index is 0.215. The van der Waals surface area contributed by atoms with E-state index in [1.165, 1.54) is 0 Å². The zero-order valence-electron chi connectivity index (χ0n) is 13.9. The number of aromatic nitrogens is 2. The second kappa shape index (κ2) is 7.83. The zero-order chi connectivity index (χ0) is 17.6. The number of imidazole rings is 1. The molecule has 0 aliphatic carbocycles. The predicted molar refractivity (Wildman–Crippen MR) is 91.9 cm³/mol. The van der Waals surface area contributed by atoms with Gasteiger partial charge in [-0.2, -0.15) is 0 Å². The second-order valence-corrected chi connectivity index (χ2v) is 6.30. The molecule has 2 atom stereocenters. The van der Waals surface area contributed by atoms with Crippen LogP contribution in [0.2, 0.25) is 0 Å². The Balaban J connectivity index is 1.71.